The Hall–Kier alpha value is -1.84. The zero-order valence-corrected chi connectivity index (χ0v) is 13.4. The van der Waals surface area contributed by atoms with Crippen LogP contribution in [0.4, 0.5) is 0 Å². The second-order valence-corrected chi connectivity index (χ2v) is 5.13. The number of esters is 1. The first-order valence-corrected chi connectivity index (χ1v) is 7.53. The van der Waals surface area contributed by atoms with E-state index in [-0.39, 0.29) is 24.3 Å². The number of hydrogen-bond donors (Lipinski definition) is 0. The molecule has 1 aromatic rings. The van der Waals surface area contributed by atoms with E-state index in [0.29, 0.717) is 18.7 Å². The smallest absolute Gasteiger partial charge is 0.307 e. The van der Waals surface area contributed by atoms with Gasteiger partial charge < -0.3 is 9.64 Å². The largest absolute Gasteiger partial charge is 0.466 e. The molecule has 4 heteroatoms. The van der Waals surface area contributed by atoms with E-state index < -0.39 is 0 Å². The van der Waals surface area contributed by atoms with Crippen LogP contribution in [0.25, 0.3) is 0 Å². The highest BCUT2D eigenvalue weighted by Gasteiger charge is 2.22. The molecule has 0 saturated heterocycles. The zero-order chi connectivity index (χ0) is 15.8. The Labute approximate surface area is 127 Å². The molecule has 0 aliphatic heterocycles. The second-order valence-electron chi connectivity index (χ2n) is 5.13. The van der Waals surface area contributed by atoms with Crippen LogP contribution in [0.5, 0.6) is 0 Å². The van der Waals surface area contributed by atoms with Crippen molar-refractivity contribution in [1.29, 1.82) is 0 Å². The van der Waals surface area contributed by atoms with E-state index in [0.717, 1.165) is 12.0 Å². The third kappa shape index (κ3) is 4.88. The van der Waals surface area contributed by atoms with Crippen molar-refractivity contribution in [3.63, 3.8) is 0 Å². The first-order valence-electron chi connectivity index (χ1n) is 7.53. The molecular weight excluding hydrogens is 266 g/mol. The van der Waals surface area contributed by atoms with Gasteiger partial charge in [0.2, 0.25) is 0 Å². The number of aryl methyl sites for hydroxylation is 1. The first kappa shape index (κ1) is 17.2. The molecule has 1 atom stereocenters. The highest BCUT2D eigenvalue weighted by atomic mass is 16.5. The van der Waals surface area contributed by atoms with Crippen LogP contribution in [-0.2, 0) is 9.53 Å². The molecule has 0 N–H and O–H groups in total. The Kier molecular flexibility index (Phi) is 6.92. The molecule has 1 unspecified atom stereocenters. The van der Waals surface area contributed by atoms with Crippen molar-refractivity contribution in [2.24, 2.45) is 0 Å². The molecule has 0 aliphatic carbocycles. The fraction of sp³-hybridized carbons (Fsp3) is 0.529. The fourth-order valence-electron chi connectivity index (χ4n) is 2.15. The molecule has 0 bridgehead atoms. The van der Waals surface area contributed by atoms with Crippen molar-refractivity contribution in [3.05, 3.63) is 35.4 Å². The van der Waals surface area contributed by atoms with Crippen molar-refractivity contribution < 1.29 is 14.3 Å². The van der Waals surface area contributed by atoms with Crippen LogP contribution in [0.15, 0.2) is 24.3 Å². The Bertz CT molecular complexity index is 485. The maximum absolute atomic E-state index is 12.7. The fourth-order valence-corrected chi connectivity index (χ4v) is 2.15. The van der Waals surface area contributed by atoms with Gasteiger partial charge >= 0.3 is 5.97 Å². The van der Waals surface area contributed by atoms with Gasteiger partial charge in [-0.25, -0.2) is 0 Å². The number of ether oxygens (including phenoxy) is 1. The lowest BCUT2D eigenvalue weighted by molar-refractivity contribution is -0.143. The van der Waals surface area contributed by atoms with Crippen LogP contribution < -0.4 is 0 Å². The first-order chi connectivity index (χ1) is 10.0. The van der Waals surface area contributed by atoms with Crippen molar-refractivity contribution in [3.8, 4) is 0 Å². The summed E-state index contributed by atoms with van der Waals surface area (Å²) in [4.78, 5) is 26.0. The maximum atomic E-state index is 12.7. The van der Waals surface area contributed by atoms with Crippen LogP contribution in [0, 0.1) is 6.92 Å². The zero-order valence-electron chi connectivity index (χ0n) is 13.4. The van der Waals surface area contributed by atoms with Gasteiger partial charge in [-0.15, -0.1) is 0 Å². The SMILES string of the molecule is CCOC(=O)CCN(C(=O)c1ccccc1C)C(C)CC. The van der Waals surface area contributed by atoms with Crippen LogP contribution in [0.2, 0.25) is 0 Å². The Balaban J connectivity index is 2.85. The van der Waals surface area contributed by atoms with E-state index in [4.69, 9.17) is 4.74 Å². The van der Waals surface area contributed by atoms with Crippen molar-refractivity contribution >= 4 is 11.9 Å². The lowest BCUT2D eigenvalue weighted by Gasteiger charge is -2.29. The Morgan fingerprint density at radius 2 is 1.90 bits per heavy atom. The molecule has 0 fully saturated rings. The Morgan fingerprint density at radius 1 is 1.24 bits per heavy atom. The molecule has 1 rings (SSSR count). The maximum Gasteiger partial charge on any atom is 0.307 e. The standard InChI is InChI=1S/C17H25NO3/c1-5-14(4)18(12-11-16(19)21-6-2)17(20)15-10-8-7-9-13(15)3/h7-10,14H,5-6,11-12H2,1-4H3. The van der Waals surface area contributed by atoms with Gasteiger partial charge in [0.1, 0.15) is 0 Å². The van der Waals surface area contributed by atoms with Crippen molar-refractivity contribution in [2.45, 2.75) is 46.6 Å². The summed E-state index contributed by atoms with van der Waals surface area (Å²) < 4.78 is 4.94. The predicted molar refractivity (Wildman–Crippen MR) is 83.2 cm³/mol. The third-order valence-corrected chi connectivity index (χ3v) is 3.62. The molecule has 0 radical (unpaired) electrons. The molecule has 0 aliphatic rings. The normalized spacial score (nSPS) is 11.8. The number of rotatable bonds is 7. The van der Waals surface area contributed by atoms with Crippen molar-refractivity contribution in [1.82, 2.24) is 4.90 Å². The molecule has 4 nitrogen and oxygen atoms in total. The van der Waals surface area contributed by atoms with Crippen molar-refractivity contribution in [2.75, 3.05) is 13.2 Å². The van der Waals surface area contributed by atoms with Crippen LogP contribution in [0.3, 0.4) is 0 Å². The topological polar surface area (TPSA) is 46.6 Å². The van der Waals surface area contributed by atoms with Gasteiger partial charge in [-0.1, -0.05) is 25.1 Å². The molecule has 0 saturated carbocycles. The number of carbonyl (C=O) groups is 2. The molecule has 0 aromatic heterocycles. The minimum atomic E-state index is -0.261. The van der Waals surface area contributed by atoms with E-state index in [2.05, 4.69) is 0 Å². The quantitative estimate of drug-likeness (QED) is 0.725. The number of carbonyl (C=O) groups excluding carboxylic acids is 2. The molecule has 0 spiro atoms. The van der Waals surface area contributed by atoms with E-state index in [1.165, 1.54) is 0 Å². The van der Waals surface area contributed by atoms with E-state index in [1.54, 1.807) is 11.8 Å². The van der Waals surface area contributed by atoms with E-state index in [9.17, 15) is 9.59 Å². The number of benzene rings is 1. The van der Waals surface area contributed by atoms with Crippen LogP contribution in [-0.4, -0.2) is 36.0 Å². The summed E-state index contributed by atoms with van der Waals surface area (Å²) in [6, 6.07) is 7.62. The minimum absolute atomic E-state index is 0.0215. The molecular formula is C17H25NO3. The van der Waals surface area contributed by atoms with Gasteiger partial charge in [0.15, 0.2) is 0 Å². The second kappa shape index (κ2) is 8.45. The van der Waals surface area contributed by atoms with E-state index >= 15 is 0 Å². The third-order valence-electron chi connectivity index (χ3n) is 3.62. The molecule has 1 amide bonds. The van der Waals surface area contributed by atoms with E-state index in [1.807, 2.05) is 45.0 Å². The molecule has 1 aromatic carbocycles. The minimum Gasteiger partial charge on any atom is -0.466 e. The summed E-state index contributed by atoms with van der Waals surface area (Å²) in [5.41, 5.74) is 1.65. The highest BCUT2D eigenvalue weighted by Crippen LogP contribution is 2.15. The van der Waals surface area contributed by atoms with Gasteiger partial charge in [-0.05, 0) is 38.8 Å². The van der Waals surface area contributed by atoms with Gasteiger partial charge in [0.25, 0.3) is 5.91 Å². The monoisotopic (exact) mass is 291 g/mol. The number of amides is 1. The lowest BCUT2D eigenvalue weighted by atomic mass is 10.1. The summed E-state index contributed by atoms with van der Waals surface area (Å²) in [5.74, 6) is -0.282. The predicted octanol–water partition coefficient (Wildman–Crippen LogP) is 3.19. The van der Waals surface area contributed by atoms with Gasteiger partial charge in [-0.2, -0.15) is 0 Å². The van der Waals surface area contributed by atoms with Crippen LogP contribution >= 0.6 is 0 Å². The summed E-state index contributed by atoms with van der Waals surface area (Å²) in [6.07, 6.45) is 1.08. The lowest BCUT2D eigenvalue weighted by Crippen LogP contribution is -2.40. The van der Waals surface area contributed by atoms with Gasteiger partial charge in [-0.3, -0.25) is 9.59 Å². The van der Waals surface area contributed by atoms with Crippen LogP contribution in [0.1, 0.15) is 49.5 Å². The molecule has 0 heterocycles. The summed E-state index contributed by atoms with van der Waals surface area (Å²) in [5, 5.41) is 0. The highest BCUT2D eigenvalue weighted by molar-refractivity contribution is 5.96. The van der Waals surface area contributed by atoms with Gasteiger partial charge in [0.05, 0.1) is 13.0 Å². The van der Waals surface area contributed by atoms with Gasteiger partial charge in [0, 0.05) is 18.2 Å². The summed E-state index contributed by atoms with van der Waals surface area (Å²) >= 11 is 0. The Morgan fingerprint density at radius 3 is 2.48 bits per heavy atom. The number of nitrogens with zero attached hydrogens (tertiary/aromatic N) is 1. The average molecular weight is 291 g/mol. The average Bonchev–Trinajstić information content (AvgIpc) is 2.47. The molecule has 116 valence electrons. The number of hydrogen-bond acceptors (Lipinski definition) is 3. The molecule has 21 heavy (non-hydrogen) atoms. The summed E-state index contributed by atoms with van der Waals surface area (Å²) in [7, 11) is 0. The summed E-state index contributed by atoms with van der Waals surface area (Å²) in [6.45, 7) is 8.50.